The number of nitrogens with zero attached hydrogens (tertiary/aromatic N) is 3. The van der Waals surface area contributed by atoms with E-state index in [1.165, 1.54) is 0 Å². The van der Waals surface area contributed by atoms with Crippen molar-refractivity contribution >= 4 is 23.2 Å². The summed E-state index contributed by atoms with van der Waals surface area (Å²) >= 11 is 5.70. The topological polar surface area (TPSA) is 56.1 Å². The summed E-state index contributed by atoms with van der Waals surface area (Å²) in [4.78, 5) is 16.0. The fourth-order valence-electron chi connectivity index (χ4n) is 2.55. The van der Waals surface area contributed by atoms with Crippen LogP contribution >= 0.6 is 11.6 Å². The van der Waals surface area contributed by atoms with Crippen LogP contribution in [-0.4, -0.2) is 58.7 Å². The molecule has 0 spiro atoms. The summed E-state index contributed by atoms with van der Waals surface area (Å²) in [5, 5.41) is 12.5. The number of carbonyl (C=O) groups is 1. The Hall–Kier alpha value is -1.23. The molecule has 0 aliphatic carbocycles. The summed E-state index contributed by atoms with van der Waals surface area (Å²) in [7, 11) is 1.79. The van der Waals surface area contributed by atoms with E-state index in [0.717, 1.165) is 13.0 Å². The van der Waals surface area contributed by atoms with Gasteiger partial charge >= 0.3 is 0 Å². The van der Waals surface area contributed by atoms with Crippen molar-refractivity contribution in [2.24, 2.45) is 11.1 Å². The van der Waals surface area contributed by atoms with Gasteiger partial charge in [-0.25, -0.2) is 0 Å². The molecule has 0 radical (unpaired) electrons. The molecule has 18 heavy (non-hydrogen) atoms. The highest BCUT2D eigenvalue weighted by Crippen LogP contribution is 2.28. The van der Waals surface area contributed by atoms with Gasteiger partial charge in [0.25, 0.3) is 0 Å². The van der Waals surface area contributed by atoms with Gasteiger partial charge in [0, 0.05) is 38.4 Å². The highest BCUT2D eigenvalue weighted by molar-refractivity contribution is 6.17. The van der Waals surface area contributed by atoms with Gasteiger partial charge in [-0.05, 0) is 12.6 Å². The molecule has 6 heteroatoms. The fraction of sp³-hybridized carbons (Fsp3) is 0.667. The first-order valence-electron chi connectivity index (χ1n) is 6.15. The molecule has 2 aliphatic rings. The van der Waals surface area contributed by atoms with Crippen molar-refractivity contribution < 1.29 is 10.0 Å². The number of alkyl halides is 1. The smallest absolute Gasteiger partial charge is 0.246 e. The molecule has 0 aromatic carbocycles. The largest absolute Gasteiger partial charge is 0.411 e. The van der Waals surface area contributed by atoms with Gasteiger partial charge in [0.2, 0.25) is 5.91 Å². The SMILES string of the molecule is CN1CC/C(=N/O)C2C=CN(CCCCl)C2C1=O. The number of oxime groups is 1. The van der Waals surface area contributed by atoms with Crippen LogP contribution in [0.2, 0.25) is 0 Å². The average molecular weight is 272 g/mol. The molecule has 0 bridgehead atoms. The summed E-state index contributed by atoms with van der Waals surface area (Å²) in [5.41, 5.74) is 0.683. The van der Waals surface area contributed by atoms with Gasteiger partial charge < -0.3 is 15.0 Å². The maximum absolute atomic E-state index is 12.3. The van der Waals surface area contributed by atoms with E-state index in [-0.39, 0.29) is 17.9 Å². The van der Waals surface area contributed by atoms with Crippen molar-refractivity contribution in [1.29, 1.82) is 0 Å². The van der Waals surface area contributed by atoms with Gasteiger partial charge in [-0.1, -0.05) is 11.2 Å². The number of amides is 1. The van der Waals surface area contributed by atoms with Crippen molar-refractivity contribution in [3.8, 4) is 0 Å². The van der Waals surface area contributed by atoms with E-state index in [9.17, 15) is 4.79 Å². The van der Waals surface area contributed by atoms with Crippen LogP contribution < -0.4 is 0 Å². The minimum Gasteiger partial charge on any atom is -0.411 e. The van der Waals surface area contributed by atoms with Gasteiger partial charge in [-0.2, -0.15) is 0 Å². The number of hydrogen-bond donors (Lipinski definition) is 1. The van der Waals surface area contributed by atoms with E-state index in [2.05, 4.69) is 5.16 Å². The number of fused-ring (bicyclic) bond motifs is 1. The third-order valence-corrected chi connectivity index (χ3v) is 3.85. The second-order valence-corrected chi connectivity index (χ2v) is 5.07. The van der Waals surface area contributed by atoms with E-state index < -0.39 is 0 Å². The number of halogens is 1. The first-order valence-corrected chi connectivity index (χ1v) is 6.68. The Morgan fingerprint density at radius 1 is 1.61 bits per heavy atom. The lowest BCUT2D eigenvalue weighted by atomic mass is 9.95. The molecule has 100 valence electrons. The molecule has 2 unspecified atom stereocenters. The molecule has 1 fully saturated rings. The summed E-state index contributed by atoms with van der Waals surface area (Å²) in [5.74, 6) is 0.549. The van der Waals surface area contributed by atoms with Crippen LogP contribution in [0.1, 0.15) is 12.8 Å². The van der Waals surface area contributed by atoms with Gasteiger partial charge in [0.15, 0.2) is 0 Å². The maximum Gasteiger partial charge on any atom is 0.246 e. The van der Waals surface area contributed by atoms with Crippen LogP contribution in [0.25, 0.3) is 0 Å². The van der Waals surface area contributed by atoms with Gasteiger partial charge in [0.05, 0.1) is 5.71 Å². The van der Waals surface area contributed by atoms with E-state index in [1.807, 2.05) is 17.2 Å². The second kappa shape index (κ2) is 5.61. The third kappa shape index (κ3) is 2.32. The Morgan fingerprint density at radius 2 is 2.39 bits per heavy atom. The lowest BCUT2D eigenvalue weighted by Gasteiger charge is -2.29. The first-order chi connectivity index (χ1) is 8.69. The lowest BCUT2D eigenvalue weighted by molar-refractivity contribution is -0.134. The highest BCUT2D eigenvalue weighted by Gasteiger charge is 2.41. The summed E-state index contributed by atoms with van der Waals surface area (Å²) in [6.45, 7) is 1.35. The normalized spacial score (nSPS) is 29.9. The second-order valence-electron chi connectivity index (χ2n) is 4.69. The van der Waals surface area contributed by atoms with Gasteiger partial charge in [-0.15, -0.1) is 11.6 Å². The molecule has 2 heterocycles. The van der Waals surface area contributed by atoms with Crippen molar-refractivity contribution in [1.82, 2.24) is 9.80 Å². The van der Waals surface area contributed by atoms with Gasteiger partial charge in [-0.3, -0.25) is 4.79 Å². The van der Waals surface area contributed by atoms with E-state index in [1.54, 1.807) is 11.9 Å². The average Bonchev–Trinajstić information content (AvgIpc) is 2.74. The molecule has 0 aromatic heterocycles. The maximum atomic E-state index is 12.3. The van der Waals surface area contributed by atoms with Crippen LogP contribution in [0.15, 0.2) is 17.4 Å². The summed E-state index contributed by atoms with van der Waals surface area (Å²) in [6, 6.07) is -0.272. The van der Waals surface area contributed by atoms with Crippen LogP contribution in [0.5, 0.6) is 0 Å². The van der Waals surface area contributed by atoms with Gasteiger partial charge in [0.1, 0.15) is 6.04 Å². The van der Waals surface area contributed by atoms with E-state index in [0.29, 0.717) is 24.6 Å². The zero-order valence-corrected chi connectivity index (χ0v) is 11.2. The Bertz CT molecular complexity index is 384. The molecule has 1 N–H and O–H groups in total. The molecule has 5 nitrogen and oxygen atoms in total. The third-order valence-electron chi connectivity index (χ3n) is 3.58. The number of carbonyl (C=O) groups excluding carboxylic acids is 1. The van der Waals surface area contributed by atoms with Crippen molar-refractivity contribution in [2.45, 2.75) is 18.9 Å². The number of likely N-dealkylation sites (N-methyl/N-ethyl adjacent to an activating group) is 1. The Balaban J connectivity index is 2.22. The van der Waals surface area contributed by atoms with Crippen LogP contribution in [0.4, 0.5) is 0 Å². The Kier molecular flexibility index (Phi) is 4.11. The van der Waals surface area contributed by atoms with E-state index in [4.69, 9.17) is 16.8 Å². The zero-order valence-electron chi connectivity index (χ0n) is 10.4. The summed E-state index contributed by atoms with van der Waals surface area (Å²) < 4.78 is 0. The number of hydrogen-bond acceptors (Lipinski definition) is 4. The molecular formula is C12H18ClN3O2. The predicted octanol–water partition coefficient (Wildman–Crippen LogP) is 1.12. The molecule has 1 amide bonds. The van der Waals surface area contributed by atoms with Crippen LogP contribution in [0.3, 0.4) is 0 Å². The van der Waals surface area contributed by atoms with Crippen molar-refractivity contribution in [3.63, 3.8) is 0 Å². The standard InChI is InChI=1S/C12H18ClN3O2/c1-15-7-4-10(14-18)9-3-8-16(6-2-5-13)11(9)12(15)17/h3,8-9,11,18H,2,4-7H2,1H3/b14-10-. The van der Waals surface area contributed by atoms with Crippen LogP contribution in [-0.2, 0) is 4.79 Å². The monoisotopic (exact) mass is 271 g/mol. The van der Waals surface area contributed by atoms with E-state index >= 15 is 0 Å². The molecule has 0 saturated carbocycles. The minimum absolute atomic E-state index is 0.0817. The number of rotatable bonds is 3. The quantitative estimate of drug-likeness (QED) is 0.475. The molecule has 0 aromatic rings. The molecule has 1 saturated heterocycles. The predicted molar refractivity (Wildman–Crippen MR) is 69.9 cm³/mol. The van der Waals surface area contributed by atoms with Crippen molar-refractivity contribution in [2.75, 3.05) is 26.0 Å². The molecule has 2 aliphatic heterocycles. The molecule has 2 atom stereocenters. The summed E-state index contributed by atoms with van der Waals surface area (Å²) in [6.07, 6.45) is 5.32. The highest BCUT2D eigenvalue weighted by atomic mass is 35.5. The molecule has 2 rings (SSSR count). The molecular weight excluding hydrogens is 254 g/mol. The Labute approximate surface area is 112 Å². The minimum atomic E-state index is -0.272. The number of likely N-dealkylation sites (tertiary alicyclic amines) is 1. The van der Waals surface area contributed by atoms with Crippen LogP contribution in [0, 0.1) is 5.92 Å². The van der Waals surface area contributed by atoms with Crippen molar-refractivity contribution in [3.05, 3.63) is 12.3 Å². The zero-order chi connectivity index (χ0) is 13.1. The Morgan fingerprint density at radius 3 is 3.06 bits per heavy atom. The lowest BCUT2D eigenvalue weighted by Crippen LogP contribution is -2.46. The first kappa shape index (κ1) is 13.2. The fourth-order valence-corrected chi connectivity index (χ4v) is 2.67.